The van der Waals surface area contributed by atoms with Crippen molar-refractivity contribution >= 4 is 21.7 Å². The summed E-state index contributed by atoms with van der Waals surface area (Å²) in [4.78, 5) is 18.5. The smallest absolute Gasteiger partial charge is 0.222 e. The Balaban J connectivity index is 1.71. The largest absolute Gasteiger partial charge is 0.357 e. The predicted molar refractivity (Wildman–Crippen MR) is 100 cm³/mol. The molecule has 0 aromatic carbocycles. The number of nitrogens with zero attached hydrogens (tertiary/aromatic N) is 2. The number of hydrogen-bond donors (Lipinski definition) is 2. The van der Waals surface area contributed by atoms with Gasteiger partial charge in [0.1, 0.15) is 0 Å². The van der Waals surface area contributed by atoms with E-state index in [1.54, 1.807) is 0 Å². The van der Waals surface area contributed by atoms with Crippen molar-refractivity contribution in [2.24, 2.45) is 10.9 Å². The minimum Gasteiger partial charge on any atom is -0.357 e. The molecule has 144 valence electrons. The minimum atomic E-state index is -2.84. The molecule has 2 N–H and O–H groups in total. The molecule has 1 unspecified atom stereocenters. The van der Waals surface area contributed by atoms with Crippen molar-refractivity contribution < 1.29 is 13.2 Å². The summed E-state index contributed by atoms with van der Waals surface area (Å²) in [5.74, 6) is 1.69. The summed E-state index contributed by atoms with van der Waals surface area (Å²) in [6.45, 7) is 5.72. The second kappa shape index (κ2) is 9.99. The van der Waals surface area contributed by atoms with E-state index in [2.05, 4.69) is 15.6 Å². The van der Waals surface area contributed by atoms with Gasteiger partial charge >= 0.3 is 0 Å². The van der Waals surface area contributed by atoms with Crippen molar-refractivity contribution in [1.29, 1.82) is 0 Å². The second-order valence-corrected chi connectivity index (χ2v) is 9.19. The Morgan fingerprint density at radius 3 is 2.84 bits per heavy atom. The second-order valence-electron chi connectivity index (χ2n) is 6.96. The average molecular weight is 373 g/mol. The molecule has 0 aliphatic carbocycles. The maximum atomic E-state index is 12.0. The van der Waals surface area contributed by atoms with Crippen molar-refractivity contribution in [3.63, 3.8) is 0 Å². The molecule has 2 heterocycles. The first-order chi connectivity index (χ1) is 12.0. The van der Waals surface area contributed by atoms with E-state index in [0.717, 1.165) is 57.8 Å². The van der Waals surface area contributed by atoms with Gasteiger partial charge in [0.15, 0.2) is 15.8 Å². The monoisotopic (exact) mass is 372 g/mol. The van der Waals surface area contributed by atoms with Gasteiger partial charge in [0.05, 0.1) is 11.5 Å². The number of rotatable bonds is 7. The normalized spacial score (nSPS) is 24.2. The number of nitrogens with one attached hydrogen (secondary N) is 2. The summed E-state index contributed by atoms with van der Waals surface area (Å²) in [5.41, 5.74) is 0. The lowest BCUT2D eigenvalue weighted by Gasteiger charge is -2.20. The lowest BCUT2D eigenvalue weighted by atomic mass is 10.1. The van der Waals surface area contributed by atoms with E-state index in [4.69, 9.17) is 0 Å². The topological polar surface area (TPSA) is 90.9 Å². The molecule has 7 nitrogen and oxygen atoms in total. The maximum Gasteiger partial charge on any atom is 0.222 e. The van der Waals surface area contributed by atoms with E-state index in [9.17, 15) is 13.2 Å². The molecule has 2 fully saturated rings. The summed E-state index contributed by atoms with van der Waals surface area (Å²) in [5, 5.41) is 6.48. The van der Waals surface area contributed by atoms with E-state index in [1.807, 2.05) is 11.8 Å². The highest BCUT2D eigenvalue weighted by Gasteiger charge is 2.27. The van der Waals surface area contributed by atoms with Gasteiger partial charge < -0.3 is 15.5 Å². The van der Waals surface area contributed by atoms with Crippen LogP contribution in [0.15, 0.2) is 4.99 Å². The highest BCUT2D eigenvalue weighted by molar-refractivity contribution is 7.91. The molecule has 8 heteroatoms. The third-order valence-electron chi connectivity index (χ3n) is 4.75. The molecule has 0 spiro atoms. The van der Waals surface area contributed by atoms with Gasteiger partial charge in [0, 0.05) is 39.1 Å². The first kappa shape index (κ1) is 20.0. The van der Waals surface area contributed by atoms with Crippen molar-refractivity contribution in [2.45, 2.75) is 45.4 Å². The van der Waals surface area contributed by atoms with Gasteiger partial charge in [-0.25, -0.2) is 8.42 Å². The van der Waals surface area contributed by atoms with Crippen molar-refractivity contribution in [3.05, 3.63) is 0 Å². The molecule has 2 aliphatic heterocycles. The van der Waals surface area contributed by atoms with E-state index in [-0.39, 0.29) is 17.6 Å². The van der Waals surface area contributed by atoms with Crippen LogP contribution >= 0.6 is 0 Å². The number of sulfone groups is 1. The zero-order chi connectivity index (χ0) is 18.1. The Bertz CT molecular complexity index is 562. The molecule has 2 aliphatic rings. The number of aliphatic imine (C=N–C) groups is 1. The Labute approximate surface area is 151 Å². The molecule has 0 aromatic rings. The van der Waals surface area contributed by atoms with Gasteiger partial charge in [-0.1, -0.05) is 6.42 Å². The van der Waals surface area contributed by atoms with Crippen LogP contribution < -0.4 is 10.6 Å². The van der Waals surface area contributed by atoms with Crippen LogP contribution in [-0.2, 0) is 14.6 Å². The Hall–Kier alpha value is -1.31. The van der Waals surface area contributed by atoms with E-state index in [1.165, 1.54) is 0 Å². The van der Waals surface area contributed by atoms with Crippen molar-refractivity contribution in [3.8, 4) is 0 Å². The molecule has 2 saturated heterocycles. The summed E-state index contributed by atoms with van der Waals surface area (Å²) in [7, 11) is -2.84. The third-order valence-corrected chi connectivity index (χ3v) is 6.58. The molecule has 25 heavy (non-hydrogen) atoms. The summed E-state index contributed by atoms with van der Waals surface area (Å²) < 4.78 is 23.0. The molecule has 1 amide bonds. The molecular formula is C17H32N4O3S. The number of likely N-dealkylation sites (tertiary alicyclic amines) is 1. The van der Waals surface area contributed by atoms with Crippen LogP contribution in [0.25, 0.3) is 0 Å². The Kier molecular flexibility index (Phi) is 7.99. The van der Waals surface area contributed by atoms with E-state index in [0.29, 0.717) is 25.1 Å². The quantitative estimate of drug-likeness (QED) is 0.391. The SMILES string of the molecule is CCNC(=NCC1CCS(=O)(=O)C1)NCCCN1CCCCCC1=O. The fraction of sp³-hybridized carbons (Fsp3) is 0.882. The van der Waals surface area contributed by atoms with Crippen LogP contribution in [-0.4, -0.2) is 69.4 Å². The highest BCUT2D eigenvalue weighted by Crippen LogP contribution is 2.18. The van der Waals surface area contributed by atoms with Gasteiger partial charge in [-0.3, -0.25) is 9.79 Å². The summed E-state index contributed by atoms with van der Waals surface area (Å²) in [6.07, 6.45) is 5.54. The molecule has 0 aromatic heterocycles. The molecule has 0 saturated carbocycles. The zero-order valence-electron chi connectivity index (χ0n) is 15.3. The first-order valence-corrected chi connectivity index (χ1v) is 11.3. The Morgan fingerprint density at radius 2 is 2.12 bits per heavy atom. The lowest BCUT2D eigenvalue weighted by Crippen LogP contribution is -2.39. The third kappa shape index (κ3) is 7.22. The predicted octanol–water partition coefficient (Wildman–Crippen LogP) is 0.769. The fourth-order valence-electron chi connectivity index (χ4n) is 3.33. The number of carbonyl (C=O) groups is 1. The van der Waals surface area contributed by atoms with Gasteiger partial charge in [-0.2, -0.15) is 0 Å². The first-order valence-electron chi connectivity index (χ1n) is 9.50. The van der Waals surface area contributed by atoms with Crippen molar-refractivity contribution in [2.75, 3.05) is 44.2 Å². The van der Waals surface area contributed by atoms with Crippen LogP contribution in [0.5, 0.6) is 0 Å². The van der Waals surface area contributed by atoms with Crippen LogP contribution in [0.2, 0.25) is 0 Å². The van der Waals surface area contributed by atoms with Crippen LogP contribution in [0.1, 0.15) is 45.4 Å². The highest BCUT2D eigenvalue weighted by atomic mass is 32.2. The Morgan fingerprint density at radius 1 is 1.28 bits per heavy atom. The summed E-state index contributed by atoms with van der Waals surface area (Å²) >= 11 is 0. The fourth-order valence-corrected chi connectivity index (χ4v) is 5.18. The van der Waals surface area contributed by atoms with Crippen LogP contribution in [0.4, 0.5) is 0 Å². The standard InChI is InChI=1S/C17H32N4O3S/c1-2-18-17(20-13-15-8-12-25(23,24)14-15)19-9-6-11-21-10-5-3-4-7-16(21)22/h15H,2-14H2,1H3,(H2,18,19,20). The van der Waals surface area contributed by atoms with Crippen LogP contribution in [0, 0.1) is 5.92 Å². The average Bonchev–Trinajstić information content (AvgIpc) is 2.79. The minimum absolute atomic E-state index is 0.134. The van der Waals surface area contributed by atoms with E-state index < -0.39 is 9.84 Å². The lowest BCUT2D eigenvalue weighted by molar-refractivity contribution is -0.130. The molecule has 0 bridgehead atoms. The molecule has 1 atom stereocenters. The van der Waals surface area contributed by atoms with Gasteiger partial charge in [-0.15, -0.1) is 0 Å². The molecule has 2 rings (SSSR count). The maximum absolute atomic E-state index is 12.0. The number of guanidine groups is 1. The van der Waals surface area contributed by atoms with Gasteiger partial charge in [0.25, 0.3) is 0 Å². The van der Waals surface area contributed by atoms with Gasteiger partial charge in [0.2, 0.25) is 5.91 Å². The van der Waals surface area contributed by atoms with E-state index >= 15 is 0 Å². The zero-order valence-corrected chi connectivity index (χ0v) is 16.1. The number of carbonyl (C=O) groups excluding carboxylic acids is 1. The van der Waals surface area contributed by atoms with Crippen molar-refractivity contribution in [1.82, 2.24) is 15.5 Å². The molecular weight excluding hydrogens is 340 g/mol. The number of hydrogen-bond acceptors (Lipinski definition) is 4. The number of amides is 1. The van der Waals surface area contributed by atoms with Crippen LogP contribution in [0.3, 0.4) is 0 Å². The summed E-state index contributed by atoms with van der Waals surface area (Å²) in [6, 6.07) is 0. The molecule has 0 radical (unpaired) electrons. The van der Waals surface area contributed by atoms with Gasteiger partial charge in [-0.05, 0) is 38.5 Å².